The zero-order chi connectivity index (χ0) is 19.1. The van der Waals surface area contributed by atoms with Crippen molar-refractivity contribution in [1.82, 2.24) is 15.2 Å². The number of anilines is 1. The Balaban J connectivity index is 1.47. The number of carbonyl (C=O) groups is 1. The number of nitrogens with zero attached hydrogens (tertiary/aromatic N) is 3. The third-order valence-corrected chi connectivity index (χ3v) is 5.01. The lowest BCUT2D eigenvalue weighted by atomic mass is 10.1. The van der Waals surface area contributed by atoms with Crippen LogP contribution in [0.5, 0.6) is 5.75 Å². The number of piperazine rings is 1. The Morgan fingerprint density at radius 3 is 2.44 bits per heavy atom. The highest BCUT2D eigenvalue weighted by Crippen LogP contribution is 2.14. The van der Waals surface area contributed by atoms with Crippen molar-refractivity contribution in [3.05, 3.63) is 53.7 Å². The molecule has 1 N–H and O–H groups in total. The summed E-state index contributed by atoms with van der Waals surface area (Å²) in [6.45, 7) is 7.96. The van der Waals surface area contributed by atoms with Gasteiger partial charge in [0.1, 0.15) is 11.6 Å². The number of pyridine rings is 1. The van der Waals surface area contributed by atoms with Gasteiger partial charge in [-0.1, -0.05) is 19.1 Å². The lowest BCUT2D eigenvalue weighted by molar-refractivity contribution is 0.0954. The minimum absolute atomic E-state index is 0.0848. The number of aromatic nitrogens is 1. The molecule has 1 aliphatic heterocycles. The van der Waals surface area contributed by atoms with E-state index in [1.165, 1.54) is 0 Å². The molecular formula is C21H28N4O2. The highest BCUT2D eigenvalue weighted by molar-refractivity contribution is 5.94. The normalized spacial score (nSPS) is 14.8. The summed E-state index contributed by atoms with van der Waals surface area (Å²) in [6.07, 6.45) is 2.45. The van der Waals surface area contributed by atoms with Crippen LogP contribution in [-0.4, -0.2) is 62.2 Å². The van der Waals surface area contributed by atoms with Crippen molar-refractivity contribution in [1.29, 1.82) is 0 Å². The molecule has 3 rings (SSSR count). The SMILES string of the molecule is CCN1CCN(c2ccc(C(=O)NCCc3ccc(OC)cc3)cn2)CC1. The van der Waals surface area contributed by atoms with E-state index in [1.54, 1.807) is 13.3 Å². The van der Waals surface area contributed by atoms with Crippen LogP contribution in [0.3, 0.4) is 0 Å². The van der Waals surface area contributed by atoms with Crippen molar-refractivity contribution in [2.75, 3.05) is 51.3 Å². The molecule has 0 saturated carbocycles. The second-order valence-electron chi connectivity index (χ2n) is 6.68. The summed E-state index contributed by atoms with van der Waals surface area (Å²) in [4.78, 5) is 21.5. The molecule has 0 aliphatic carbocycles. The average Bonchev–Trinajstić information content (AvgIpc) is 2.74. The van der Waals surface area contributed by atoms with Crippen LogP contribution in [0.1, 0.15) is 22.8 Å². The molecule has 27 heavy (non-hydrogen) atoms. The number of ether oxygens (including phenoxy) is 1. The minimum atomic E-state index is -0.0848. The fourth-order valence-corrected chi connectivity index (χ4v) is 3.22. The number of likely N-dealkylation sites (N-methyl/N-ethyl adjacent to an activating group) is 1. The summed E-state index contributed by atoms with van der Waals surface area (Å²) in [5, 5.41) is 2.96. The van der Waals surface area contributed by atoms with E-state index in [2.05, 4.69) is 27.0 Å². The highest BCUT2D eigenvalue weighted by atomic mass is 16.5. The van der Waals surface area contributed by atoms with Gasteiger partial charge in [-0.15, -0.1) is 0 Å². The molecule has 1 amide bonds. The molecule has 0 radical (unpaired) electrons. The molecule has 1 aromatic heterocycles. The Kier molecular flexibility index (Phi) is 6.65. The maximum Gasteiger partial charge on any atom is 0.252 e. The first kappa shape index (κ1) is 19.2. The zero-order valence-electron chi connectivity index (χ0n) is 16.1. The summed E-state index contributed by atoms with van der Waals surface area (Å²) in [6, 6.07) is 11.7. The lowest BCUT2D eigenvalue weighted by Gasteiger charge is -2.34. The van der Waals surface area contributed by atoms with Crippen LogP contribution in [0.25, 0.3) is 0 Å². The molecule has 0 unspecified atom stereocenters. The number of hydrogen-bond acceptors (Lipinski definition) is 5. The van der Waals surface area contributed by atoms with Gasteiger partial charge in [0.25, 0.3) is 5.91 Å². The molecular weight excluding hydrogens is 340 g/mol. The monoisotopic (exact) mass is 368 g/mol. The molecule has 1 aliphatic rings. The molecule has 1 aromatic carbocycles. The van der Waals surface area contributed by atoms with Crippen molar-refractivity contribution in [3.63, 3.8) is 0 Å². The molecule has 1 saturated heterocycles. The first-order chi connectivity index (χ1) is 13.2. The third kappa shape index (κ3) is 5.20. The summed E-state index contributed by atoms with van der Waals surface area (Å²) >= 11 is 0. The topological polar surface area (TPSA) is 57.7 Å². The van der Waals surface area contributed by atoms with Gasteiger partial charge >= 0.3 is 0 Å². The Hall–Kier alpha value is -2.60. The van der Waals surface area contributed by atoms with E-state index in [1.807, 2.05) is 36.4 Å². The van der Waals surface area contributed by atoms with Crippen LogP contribution in [0, 0.1) is 0 Å². The van der Waals surface area contributed by atoms with Crippen LogP contribution in [0.15, 0.2) is 42.6 Å². The number of benzene rings is 1. The van der Waals surface area contributed by atoms with Crippen molar-refractivity contribution < 1.29 is 9.53 Å². The van der Waals surface area contributed by atoms with Crippen molar-refractivity contribution in [3.8, 4) is 5.75 Å². The van der Waals surface area contributed by atoms with E-state index in [9.17, 15) is 4.79 Å². The number of rotatable bonds is 7. The van der Waals surface area contributed by atoms with E-state index in [4.69, 9.17) is 4.74 Å². The van der Waals surface area contributed by atoms with Gasteiger partial charge in [0.05, 0.1) is 12.7 Å². The summed E-state index contributed by atoms with van der Waals surface area (Å²) in [5.74, 6) is 1.70. The predicted molar refractivity (Wildman–Crippen MR) is 108 cm³/mol. The van der Waals surface area contributed by atoms with E-state index in [-0.39, 0.29) is 5.91 Å². The Bertz CT molecular complexity index is 723. The standard InChI is InChI=1S/C21H28N4O2/c1-3-24-12-14-25(15-13-24)20-9-6-18(16-23-20)21(26)22-11-10-17-4-7-19(27-2)8-5-17/h4-9,16H,3,10-15H2,1-2H3,(H,22,26). The molecule has 6 heteroatoms. The number of carbonyl (C=O) groups excluding carboxylic acids is 1. The average molecular weight is 368 g/mol. The van der Waals surface area contributed by atoms with E-state index in [0.717, 1.165) is 56.3 Å². The summed E-state index contributed by atoms with van der Waals surface area (Å²) in [7, 11) is 1.65. The molecule has 0 spiro atoms. The van der Waals surface area contributed by atoms with E-state index in [0.29, 0.717) is 12.1 Å². The lowest BCUT2D eigenvalue weighted by Crippen LogP contribution is -2.46. The maximum absolute atomic E-state index is 12.3. The Morgan fingerprint density at radius 1 is 1.11 bits per heavy atom. The smallest absolute Gasteiger partial charge is 0.252 e. The Morgan fingerprint density at radius 2 is 1.85 bits per heavy atom. The maximum atomic E-state index is 12.3. The summed E-state index contributed by atoms with van der Waals surface area (Å²) in [5.41, 5.74) is 1.76. The van der Waals surface area contributed by atoms with Crippen molar-refractivity contribution in [2.45, 2.75) is 13.3 Å². The first-order valence-electron chi connectivity index (χ1n) is 9.54. The van der Waals surface area contributed by atoms with Gasteiger partial charge in [0, 0.05) is 38.9 Å². The largest absolute Gasteiger partial charge is 0.497 e. The minimum Gasteiger partial charge on any atom is -0.497 e. The van der Waals surface area contributed by atoms with Crippen molar-refractivity contribution in [2.24, 2.45) is 0 Å². The van der Waals surface area contributed by atoms with Crippen LogP contribution in [0.4, 0.5) is 5.82 Å². The van der Waals surface area contributed by atoms with Gasteiger partial charge in [-0.25, -0.2) is 4.98 Å². The van der Waals surface area contributed by atoms with Crippen molar-refractivity contribution >= 4 is 11.7 Å². The number of hydrogen-bond donors (Lipinski definition) is 1. The fourth-order valence-electron chi connectivity index (χ4n) is 3.22. The van der Waals surface area contributed by atoms with Crippen LogP contribution < -0.4 is 15.0 Å². The number of nitrogens with one attached hydrogen (secondary N) is 1. The molecule has 0 bridgehead atoms. The van der Waals surface area contributed by atoms with Gasteiger partial charge in [0.2, 0.25) is 0 Å². The van der Waals surface area contributed by atoms with Crippen LogP contribution in [0.2, 0.25) is 0 Å². The highest BCUT2D eigenvalue weighted by Gasteiger charge is 2.17. The quantitative estimate of drug-likeness (QED) is 0.812. The number of amides is 1. The van der Waals surface area contributed by atoms with E-state index < -0.39 is 0 Å². The molecule has 2 aromatic rings. The number of methoxy groups -OCH3 is 1. The van der Waals surface area contributed by atoms with Gasteiger partial charge in [-0.05, 0) is 42.8 Å². The molecule has 6 nitrogen and oxygen atoms in total. The molecule has 1 fully saturated rings. The second kappa shape index (κ2) is 9.37. The van der Waals surface area contributed by atoms with Gasteiger partial charge in [-0.3, -0.25) is 4.79 Å². The van der Waals surface area contributed by atoms with Gasteiger partial charge in [-0.2, -0.15) is 0 Å². The predicted octanol–water partition coefficient (Wildman–Crippen LogP) is 2.20. The summed E-state index contributed by atoms with van der Waals surface area (Å²) < 4.78 is 5.15. The second-order valence-corrected chi connectivity index (χ2v) is 6.68. The fraction of sp³-hybridized carbons (Fsp3) is 0.429. The Labute approximate surface area is 161 Å². The van der Waals surface area contributed by atoms with Gasteiger partial charge < -0.3 is 19.9 Å². The molecule has 0 atom stereocenters. The van der Waals surface area contributed by atoms with Gasteiger partial charge in [0.15, 0.2) is 0 Å². The van der Waals surface area contributed by atoms with Crippen LogP contribution >= 0.6 is 0 Å². The van der Waals surface area contributed by atoms with E-state index >= 15 is 0 Å². The zero-order valence-corrected chi connectivity index (χ0v) is 16.1. The first-order valence-corrected chi connectivity index (χ1v) is 9.54. The van der Waals surface area contributed by atoms with Crippen LogP contribution in [-0.2, 0) is 6.42 Å². The third-order valence-electron chi connectivity index (χ3n) is 5.01. The molecule has 2 heterocycles. The molecule has 144 valence electrons.